The molecule has 4 rings (SSSR count). The highest BCUT2D eigenvalue weighted by Gasteiger charge is 2.48. The maximum absolute atomic E-state index is 14.1. The van der Waals surface area contributed by atoms with E-state index < -0.39 is 45.2 Å². The Labute approximate surface area is 152 Å². The topological polar surface area (TPSA) is 78.8 Å². The van der Waals surface area contributed by atoms with Crippen molar-refractivity contribution in [3.63, 3.8) is 0 Å². The fourth-order valence-electron chi connectivity index (χ4n) is 3.40. The quantitative estimate of drug-likeness (QED) is 0.766. The summed E-state index contributed by atoms with van der Waals surface area (Å²) in [5.74, 6) is -1.48. The molecule has 0 amide bonds. The van der Waals surface area contributed by atoms with Gasteiger partial charge in [0.2, 0.25) is 0 Å². The molecule has 1 aliphatic carbocycles. The number of piperidine rings is 1. The standard InChI is InChI=1S/C16H15F4N3O3S/c17-9-5-11(23-4-3-10(24)7-13(23)16(18,19)20)14-12(6-9)27(25,26)22-15(21-14)8-1-2-8/h5-6,8,13H,1-4,7H2,(H,21,22). The molecule has 1 aromatic rings. The van der Waals surface area contributed by atoms with Crippen LogP contribution in [0.4, 0.5) is 28.9 Å². The SMILES string of the molecule is O=C1CCN(c2cc(F)cc3c2NC(C2CC2)=NS3(=O)=O)C(C(F)(F)F)C1. The number of carbonyl (C=O) groups excluding carboxylic acids is 1. The molecule has 1 aromatic carbocycles. The number of halogens is 4. The van der Waals surface area contributed by atoms with Crippen molar-refractivity contribution in [1.29, 1.82) is 0 Å². The minimum Gasteiger partial charge on any atom is -0.357 e. The van der Waals surface area contributed by atoms with Gasteiger partial charge in [-0.2, -0.15) is 21.6 Å². The van der Waals surface area contributed by atoms with Gasteiger partial charge in [0.1, 0.15) is 28.4 Å². The van der Waals surface area contributed by atoms with Crippen LogP contribution < -0.4 is 10.2 Å². The molecule has 2 fully saturated rings. The molecule has 1 N–H and O–H groups in total. The predicted molar refractivity (Wildman–Crippen MR) is 88.8 cm³/mol. The molecule has 6 nitrogen and oxygen atoms in total. The molecule has 1 unspecified atom stereocenters. The van der Waals surface area contributed by atoms with E-state index in [4.69, 9.17) is 0 Å². The number of hydrogen-bond donors (Lipinski definition) is 1. The predicted octanol–water partition coefficient (Wildman–Crippen LogP) is 2.85. The highest BCUT2D eigenvalue weighted by molar-refractivity contribution is 7.90. The van der Waals surface area contributed by atoms with Crippen LogP contribution in [0.3, 0.4) is 0 Å². The summed E-state index contributed by atoms with van der Waals surface area (Å²) in [6.45, 7) is -0.281. The third-order valence-corrected chi connectivity index (χ3v) is 6.19. The van der Waals surface area contributed by atoms with Gasteiger partial charge in [0.15, 0.2) is 0 Å². The van der Waals surface area contributed by atoms with Crippen molar-refractivity contribution in [2.75, 3.05) is 16.8 Å². The van der Waals surface area contributed by atoms with E-state index in [-0.39, 0.29) is 36.1 Å². The van der Waals surface area contributed by atoms with E-state index in [1.165, 1.54) is 0 Å². The summed E-state index contributed by atoms with van der Waals surface area (Å²) in [7, 11) is -4.23. The second-order valence-corrected chi connectivity index (χ2v) is 8.47. The lowest BCUT2D eigenvalue weighted by Crippen LogP contribution is -2.51. The Morgan fingerprint density at radius 3 is 2.56 bits per heavy atom. The van der Waals surface area contributed by atoms with E-state index in [9.17, 15) is 30.8 Å². The average molecular weight is 405 g/mol. The number of carbonyl (C=O) groups is 1. The van der Waals surface area contributed by atoms with E-state index in [2.05, 4.69) is 9.71 Å². The summed E-state index contributed by atoms with van der Waals surface area (Å²) >= 11 is 0. The molecule has 2 heterocycles. The average Bonchev–Trinajstić information content (AvgIpc) is 3.38. The minimum atomic E-state index is -4.73. The molecule has 3 aliphatic rings. The van der Waals surface area contributed by atoms with Gasteiger partial charge in [0.25, 0.3) is 10.0 Å². The van der Waals surface area contributed by atoms with Crippen molar-refractivity contribution in [3.05, 3.63) is 17.9 Å². The second-order valence-electron chi connectivity index (χ2n) is 6.89. The minimum absolute atomic E-state index is 0.104. The molecule has 146 valence electrons. The summed E-state index contributed by atoms with van der Waals surface area (Å²) < 4.78 is 83.1. The van der Waals surface area contributed by atoms with Crippen LogP contribution in [0.2, 0.25) is 0 Å². The van der Waals surface area contributed by atoms with Gasteiger partial charge in [-0.05, 0) is 25.0 Å². The van der Waals surface area contributed by atoms with Crippen molar-refractivity contribution in [1.82, 2.24) is 0 Å². The van der Waals surface area contributed by atoms with Crippen molar-refractivity contribution < 1.29 is 30.8 Å². The zero-order valence-corrected chi connectivity index (χ0v) is 14.7. The molecular formula is C16H15F4N3O3S. The highest BCUT2D eigenvalue weighted by atomic mass is 32.2. The molecule has 1 saturated heterocycles. The molecule has 27 heavy (non-hydrogen) atoms. The van der Waals surface area contributed by atoms with Gasteiger partial charge in [-0.15, -0.1) is 4.40 Å². The van der Waals surface area contributed by atoms with Crippen molar-refractivity contribution >= 4 is 33.0 Å². The fourth-order valence-corrected chi connectivity index (χ4v) is 4.62. The molecular weight excluding hydrogens is 390 g/mol. The van der Waals surface area contributed by atoms with Gasteiger partial charge < -0.3 is 10.2 Å². The maximum atomic E-state index is 14.1. The Bertz CT molecular complexity index is 954. The van der Waals surface area contributed by atoms with Gasteiger partial charge in [0, 0.05) is 25.3 Å². The monoisotopic (exact) mass is 405 g/mol. The number of sulfonamides is 1. The van der Waals surface area contributed by atoms with E-state index in [1.54, 1.807) is 0 Å². The Morgan fingerprint density at radius 2 is 1.93 bits per heavy atom. The molecule has 1 atom stereocenters. The van der Waals surface area contributed by atoms with E-state index in [1.807, 2.05) is 0 Å². The summed E-state index contributed by atoms with van der Waals surface area (Å²) in [5.41, 5.74) is -0.339. The van der Waals surface area contributed by atoms with Crippen LogP contribution in [0, 0.1) is 11.7 Å². The maximum Gasteiger partial charge on any atom is 0.409 e. The van der Waals surface area contributed by atoms with Crippen molar-refractivity contribution in [2.45, 2.75) is 42.8 Å². The summed E-state index contributed by atoms with van der Waals surface area (Å²) in [5, 5.41) is 2.80. The molecule has 0 bridgehead atoms. The Morgan fingerprint density at radius 1 is 1.22 bits per heavy atom. The number of anilines is 2. The zero-order valence-electron chi connectivity index (χ0n) is 13.9. The highest BCUT2D eigenvalue weighted by Crippen LogP contribution is 2.44. The largest absolute Gasteiger partial charge is 0.409 e. The van der Waals surface area contributed by atoms with Crippen LogP contribution in [0.1, 0.15) is 25.7 Å². The van der Waals surface area contributed by atoms with Gasteiger partial charge in [0.05, 0.1) is 11.4 Å². The van der Waals surface area contributed by atoms with Gasteiger partial charge in [-0.25, -0.2) is 4.39 Å². The lowest BCUT2D eigenvalue weighted by molar-refractivity contribution is -0.158. The second kappa shape index (κ2) is 5.91. The first-order valence-corrected chi connectivity index (χ1v) is 9.81. The first kappa shape index (κ1) is 18.2. The van der Waals surface area contributed by atoms with Crippen LogP contribution in [0.15, 0.2) is 21.4 Å². The summed E-state index contributed by atoms with van der Waals surface area (Å²) in [4.78, 5) is 11.9. The first-order valence-electron chi connectivity index (χ1n) is 8.37. The Balaban J connectivity index is 1.85. The third kappa shape index (κ3) is 3.28. The number of benzene rings is 1. The molecule has 2 aliphatic heterocycles. The van der Waals surface area contributed by atoms with Gasteiger partial charge in [-0.3, -0.25) is 4.79 Å². The van der Waals surface area contributed by atoms with Gasteiger partial charge in [-0.1, -0.05) is 0 Å². The van der Waals surface area contributed by atoms with Crippen LogP contribution in [0.5, 0.6) is 0 Å². The number of amidine groups is 1. The molecule has 0 radical (unpaired) electrons. The normalized spacial score (nSPS) is 24.9. The molecule has 1 saturated carbocycles. The number of rotatable bonds is 2. The lowest BCUT2D eigenvalue weighted by Gasteiger charge is -2.39. The molecule has 0 spiro atoms. The van der Waals surface area contributed by atoms with E-state index >= 15 is 0 Å². The Kier molecular flexibility index (Phi) is 3.99. The van der Waals surface area contributed by atoms with Crippen LogP contribution in [0.25, 0.3) is 0 Å². The zero-order chi connectivity index (χ0) is 19.6. The summed E-state index contributed by atoms with van der Waals surface area (Å²) in [6, 6.07) is -0.532. The molecule has 11 heteroatoms. The van der Waals surface area contributed by atoms with E-state index in [0.717, 1.165) is 29.9 Å². The van der Waals surface area contributed by atoms with Gasteiger partial charge >= 0.3 is 6.18 Å². The molecule has 0 aromatic heterocycles. The van der Waals surface area contributed by atoms with Crippen molar-refractivity contribution in [2.24, 2.45) is 10.3 Å². The number of fused-ring (bicyclic) bond motifs is 1. The number of hydrogen-bond acceptors (Lipinski definition) is 5. The fraction of sp³-hybridized carbons (Fsp3) is 0.500. The van der Waals surface area contributed by atoms with Crippen LogP contribution >= 0.6 is 0 Å². The van der Waals surface area contributed by atoms with E-state index in [0.29, 0.717) is 0 Å². The number of ketones is 1. The smallest absolute Gasteiger partial charge is 0.357 e. The van der Waals surface area contributed by atoms with Crippen LogP contribution in [-0.4, -0.2) is 38.8 Å². The number of nitrogens with one attached hydrogen (secondary N) is 1. The number of nitrogens with zero attached hydrogens (tertiary/aromatic N) is 2. The third-order valence-electron chi connectivity index (χ3n) is 4.88. The first-order chi connectivity index (χ1) is 12.6. The number of alkyl halides is 3. The van der Waals surface area contributed by atoms with Crippen LogP contribution in [-0.2, 0) is 14.8 Å². The Hall–Kier alpha value is -2.17. The van der Waals surface area contributed by atoms with Crippen molar-refractivity contribution in [3.8, 4) is 0 Å². The summed E-state index contributed by atoms with van der Waals surface area (Å²) in [6.07, 6.45) is -4.18. The number of Topliss-reactive ketones (excluding diaryl/α,β-unsaturated/α-hetero) is 1. The lowest BCUT2D eigenvalue weighted by atomic mass is 9.99.